The lowest BCUT2D eigenvalue weighted by Crippen LogP contribution is -1.80. The SMILES string of the molecule is C=C/C=C/C=C/CCCCCCC[CH]CC. The van der Waals surface area contributed by atoms with Gasteiger partial charge in [0.05, 0.1) is 0 Å². The van der Waals surface area contributed by atoms with E-state index in [1.54, 1.807) is 6.08 Å². The fraction of sp³-hybridized carbons (Fsp3) is 0.562. The third-order valence-electron chi connectivity index (χ3n) is 2.56. The molecule has 0 aromatic rings. The molecule has 0 unspecified atom stereocenters. The normalized spacial score (nSPS) is 11.6. The van der Waals surface area contributed by atoms with Crippen molar-refractivity contribution < 1.29 is 0 Å². The second kappa shape index (κ2) is 14.2. The number of rotatable bonds is 11. The Hall–Kier alpha value is -0.780. The summed E-state index contributed by atoms with van der Waals surface area (Å²) in [4.78, 5) is 0. The van der Waals surface area contributed by atoms with Gasteiger partial charge in [0.15, 0.2) is 0 Å². The summed E-state index contributed by atoms with van der Waals surface area (Å²) in [5.41, 5.74) is 0. The average Bonchev–Trinajstić information content (AvgIpc) is 2.31. The maximum absolute atomic E-state index is 3.63. The van der Waals surface area contributed by atoms with E-state index in [1.807, 2.05) is 12.2 Å². The van der Waals surface area contributed by atoms with Crippen LogP contribution in [0, 0.1) is 6.42 Å². The van der Waals surface area contributed by atoms with E-state index in [4.69, 9.17) is 0 Å². The van der Waals surface area contributed by atoms with Gasteiger partial charge in [-0.2, -0.15) is 0 Å². The fourth-order valence-electron chi connectivity index (χ4n) is 1.60. The molecule has 0 nitrogen and oxygen atoms in total. The van der Waals surface area contributed by atoms with Gasteiger partial charge in [0, 0.05) is 0 Å². The van der Waals surface area contributed by atoms with Crippen molar-refractivity contribution in [3.8, 4) is 0 Å². The molecular formula is C16H27. The Balaban J connectivity index is 3.06. The van der Waals surface area contributed by atoms with Gasteiger partial charge in [-0.05, 0) is 19.3 Å². The largest absolute Gasteiger partial charge is 0.0991 e. The predicted molar refractivity (Wildman–Crippen MR) is 75.4 cm³/mol. The van der Waals surface area contributed by atoms with Crippen LogP contribution in [-0.2, 0) is 0 Å². The van der Waals surface area contributed by atoms with E-state index in [9.17, 15) is 0 Å². The molecule has 0 heterocycles. The van der Waals surface area contributed by atoms with E-state index in [1.165, 1.54) is 51.4 Å². The summed E-state index contributed by atoms with van der Waals surface area (Å²) in [7, 11) is 0. The summed E-state index contributed by atoms with van der Waals surface area (Å²) in [5.74, 6) is 0. The molecule has 0 aliphatic heterocycles. The minimum atomic E-state index is 1.21. The lowest BCUT2D eigenvalue weighted by molar-refractivity contribution is 0.611. The molecule has 0 amide bonds. The van der Waals surface area contributed by atoms with Crippen LogP contribution in [0.3, 0.4) is 0 Å². The zero-order chi connectivity index (χ0) is 11.9. The van der Waals surface area contributed by atoms with E-state index in [0.29, 0.717) is 0 Å². The van der Waals surface area contributed by atoms with Crippen LogP contribution in [0.2, 0.25) is 0 Å². The lowest BCUT2D eigenvalue weighted by Gasteiger charge is -1.99. The highest BCUT2D eigenvalue weighted by Gasteiger charge is 1.89. The first-order valence-corrected chi connectivity index (χ1v) is 6.67. The molecular weight excluding hydrogens is 192 g/mol. The van der Waals surface area contributed by atoms with Crippen molar-refractivity contribution in [2.75, 3.05) is 0 Å². The molecule has 0 saturated heterocycles. The van der Waals surface area contributed by atoms with Crippen molar-refractivity contribution in [1.29, 1.82) is 0 Å². The Kier molecular flexibility index (Phi) is 13.5. The van der Waals surface area contributed by atoms with Gasteiger partial charge in [-0.15, -0.1) is 0 Å². The molecule has 0 rings (SSSR count). The van der Waals surface area contributed by atoms with Gasteiger partial charge in [0.1, 0.15) is 0 Å². The maximum atomic E-state index is 3.63. The van der Waals surface area contributed by atoms with Gasteiger partial charge >= 0.3 is 0 Å². The Morgan fingerprint density at radius 3 is 2.19 bits per heavy atom. The monoisotopic (exact) mass is 219 g/mol. The van der Waals surface area contributed by atoms with Crippen molar-refractivity contribution in [3.63, 3.8) is 0 Å². The van der Waals surface area contributed by atoms with Gasteiger partial charge in [-0.3, -0.25) is 0 Å². The smallest absolute Gasteiger partial charge is 0.0348 e. The topological polar surface area (TPSA) is 0 Å². The van der Waals surface area contributed by atoms with E-state index in [-0.39, 0.29) is 0 Å². The summed E-state index contributed by atoms with van der Waals surface area (Å²) >= 11 is 0. The summed E-state index contributed by atoms with van der Waals surface area (Å²) in [6.45, 7) is 5.84. The first kappa shape index (κ1) is 15.2. The maximum Gasteiger partial charge on any atom is -0.0348 e. The molecule has 0 aliphatic rings. The van der Waals surface area contributed by atoms with Gasteiger partial charge < -0.3 is 0 Å². The molecule has 0 atom stereocenters. The lowest BCUT2D eigenvalue weighted by atomic mass is 10.1. The van der Waals surface area contributed by atoms with Crippen molar-refractivity contribution in [3.05, 3.63) is 43.4 Å². The third-order valence-corrected chi connectivity index (χ3v) is 2.56. The van der Waals surface area contributed by atoms with Crippen LogP contribution >= 0.6 is 0 Å². The number of hydrogen-bond acceptors (Lipinski definition) is 0. The quantitative estimate of drug-likeness (QED) is 0.312. The highest BCUT2D eigenvalue weighted by atomic mass is 14.0. The summed E-state index contributed by atoms with van der Waals surface area (Å²) < 4.78 is 0. The van der Waals surface area contributed by atoms with Crippen LogP contribution in [0.15, 0.2) is 37.0 Å². The Labute approximate surface area is 102 Å². The molecule has 0 bridgehead atoms. The van der Waals surface area contributed by atoms with E-state index in [2.05, 4.69) is 32.1 Å². The van der Waals surface area contributed by atoms with Crippen molar-refractivity contribution >= 4 is 0 Å². The zero-order valence-electron chi connectivity index (χ0n) is 10.8. The first-order chi connectivity index (χ1) is 7.91. The van der Waals surface area contributed by atoms with Gasteiger partial charge in [0.2, 0.25) is 0 Å². The molecule has 0 saturated carbocycles. The average molecular weight is 219 g/mol. The van der Waals surface area contributed by atoms with Crippen molar-refractivity contribution in [2.24, 2.45) is 0 Å². The van der Waals surface area contributed by atoms with Gasteiger partial charge in [-0.25, -0.2) is 0 Å². The van der Waals surface area contributed by atoms with Crippen molar-refractivity contribution in [2.45, 2.75) is 58.3 Å². The van der Waals surface area contributed by atoms with Crippen LogP contribution in [0.5, 0.6) is 0 Å². The second-order valence-corrected chi connectivity index (χ2v) is 4.09. The molecule has 0 heteroatoms. The van der Waals surface area contributed by atoms with Crippen LogP contribution in [0.1, 0.15) is 58.3 Å². The first-order valence-electron chi connectivity index (χ1n) is 6.67. The van der Waals surface area contributed by atoms with Gasteiger partial charge in [0.25, 0.3) is 0 Å². The second-order valence-electron chi connectivity index (χ2n) is 4.09. The van der Waals surface area contributed by atoms with E-state index in [0.717, 1.165) is 0 Å². The molecule has 91 valence electrons. The van der Waals surface area contributed by atoms with E-state index < -0.39 is 0 Å². The molecule has 1 radical (unpaired) electrons. The molecule has 0 aromatic heterocycles. The number of unbranched alkanes of at least 4 members (excludes halogenated alkanes) is 8. The molecule has 0 N–H and O–H groups in total. The van der Waals surface area contributed by atoms with E-state index >= 15 is 0 Å². The highest BCUT2D eigenvalue weighted by Crippen LogP contribution is 2.09. The Bertz CT molecular complexity index is 186. The minimum Gasteiger partial charge on any atom is -0.0991 e. The molecule has 0 aliphatic carbocycles. The molecule has 0 spiro atoms. The molecule has 0 aromatic carbocycles. The van der Waals surface area contributed by atoms with Crippen LogP contribution in [0.25, 0.3) is 0 Å². The van der Waals surface area contributed by atoms with Crippen molar-refractivity contribution in [1.82, 2.24) is 0 Å². The van der Waals surface area contributed by atoms with Crippen LogP contribution in [-0.4, -0.2) is 0 Å². The number of allylic oxidation sites excluding steroid dienone is 5. The Morgan fingerprint density at radius 1 is 0.812 bits per heavy atom. The zero-order valence-corrected chi connectivity index (χ0v) is 10.8. The summed E-state index contributed by atoms with van der Waals surface area (Å²) in [6, 6.07) is 0. The summed E-state index contributed by atoms with van der Waals surface area (Å²) in [5, 5.41) is 0. The Morgan fingerprint density at radius 2 is 1.50 bits per heavy atom. The molecule has 0 fully saturated rings. The number of hydrogen-bond donors (Lipinski definition) is 0. The predicted octanol–water partition coefficient (Wildman–Crippen LogP) is 5.63. The fourth-order valence-corrected chi connectivity index (χ4v) is 1.60. The van der Waals surface area contributed by atoms with Crippen LogP contribution < -0.4 is 0 Å². The van der Waals surface area contributed by atoms with Crippen LogP contribution in [0.4, 0.5) is 0 Å². The minimum absolute atomic E-state index is 1.21. The van der Waals surface area contributed by atoms with Gasteiger partial charge in [-0.1, -0.05) is 82.4 Å². The third kappa shape index (κ3) is 13.2. The molecule has 16 heavy (non-hydrogen) atoms. The standard InChI is InChI=1S/C16H27/c1-3-5-7-9-11-13-15-16-14-12-10-8-6-4-2/h3,5-7,9,11H,1,4,8,10,12-16H2,2H3/b7-5+,11-9+. The highest BCUT2D eigenvalue weighted by molar-refractivity contribution is 5.08. The summed E-state index contributed by atoms with van der Waals surface area (Å²) in [6.07, 6.45) is 23.2.